The second-order valence-electron chi connectivity index (χ2n) is 10.1. The molecule has 2 aliphatic heterocycles. The smallest absolute Gasteiger partial charge is 0.277 e. The molecule has 40 heavy (non-hydrogen) atoms. The summed E-state index contributed by atoms with van der Waals surface area (Å²) in [7, 11) is 3.31. The van der Waals surface area contributed by atoms with Crippen LogP contribution < -0.4 is 23.5 Å². The average molecular weight is 536 g/mol. The number of benzene rings is 4. The first-order chi connectivity index (χ1) is 19.6. The van der Waals surface area contributed by atoms with E-state index in [2.05, 4.69) is 29.0 Å². The zero-order chi connectivity index (χ0) is 27.4. The highest BCUT2D eigenvalue weighted by atomic mass is 16.7. The van der Waals surface area contributed by atoms with Crippen LogP contribution in [0.5, 0.6) is 23.0 Å². The van der Waals surface area contributed by atoms with Gasteiger partial charge in [0.15, 0.2) is 35.7 Å². The number of rotatable bonds is 6. The molecule has 4 aromatic carbocycles. The number of aromatic nitrogens is 1. The third-order valence-electron chi connectivity index (χ3n) is 8.08. The summed E-state index contributed by atoms with van der Waals surface area (Å²) in [6, 6.07) is 19.3. The van der Waals surface area contributed by atoms with Gasteiger partial charge in [0.1, 0.15) is 0 Å². The van der Waals surface area contributed by atoms with Crippen molar-refractivity contribution in [2.45, 2.75) is 25.8 Å². The monoisotopic (exact) mass is 535 g/mol. The van der Waals surface area contributed by atoms with Gasteiger partial charge in [0.05, 0.1) is 35.5 Å². The number of hydrogen-bond acceptors (Lipinski definition) is 6. The van der Waals surface area contributed by atoms with E-state index in [9.17, 15) is 10.1 Å². The minimum atomic E-state index is -0.315. The summed E-state index contributed by atoms with van der Waals surface area (Å²) >= 11 is 0. The van der Waals surface area contributed by atoms with Crippen LogP contribution in [0.1, 0.15) is 16.7 Å². The Morgan fingerprint density at radius 3 is 2.48 bits per heavy atom. The van der Waals surface area contributed by atoms with E-state index in [1.807, 2.05) is 36.4 Å². The summed E-state index contributed by atoms with van der Waals surface area (Å²) < 4.78 is 25.2. The quantitative estimate of drug-likeness (QED) is 0.152. The van der Waals surface area contributed by atoms with Gasteiger partial charge in [0.2, 0.25) is 12.5 Å². The highest BCUT2D eigenvalue weighted by molar-refractivity contribution is 5.96. The summed E-state index contributed by atoms with van der Waals surface area (Å²) in [5, 5.41) is 15.3. The first kappa shape index (κ1) is 24.2. The maximum atomic E-state index is 11.7. The Labute approximate surface area is 230 Å². The molecule has 0 spiro atoms. The lowest BCUT2D eigenvalue weighted by Crippen LogP contribution is -2.41. The van der Waals surface area contributed by atoms with E-state index < -0.39 is 0 Å². The highest BCUT2D eigenvalue weighted by Crippen LogP contribution is 2.44. The van der Waals surface area contributed by atoms with Gasteiger partial charge in [-0.25, -0.2) is 0 Å². The van der Waals surface area contributed by atoms with Crippen LogP contribution in [0, 0.1) is 10.1 Å². The highest BCUT2D eigenvalue weighted by Gasteiger charge is 2.32. The Morgan fingerprint density at radius 2 is 1.70 bits per heavy atom. The third kappa shape index (κ3) is 3.71. The second-order valence-corrected chi connectivity index (χ2v) is 10.1. The number of hydrogen-bond donors (Lipinski definition) is 0. The Hall–Kier alpha value is -4.85. The Kier molecular flexibility index (Phi) is 5.70. The van der Waals surface area contributed by atoms with E-state index >= 15 is 0 Å². The van der Waals surface area contributed by atoms with Crippen molar-refractivity contribution in [3.63, 3.8) is 0 Å². The van der Waals surface area contributed by atoms with E-state index in [1.165, 1.54) is 11.1 Å². The van der Waals surface area contributed by atoms with Gasteiger partial charge in [-0.15, -0.1) is 0 Å². The SMILES string of the molecule is COc1ccc2c(CCc3ccc([N+](=O)[O-])c4ccccc34)c3[n+](cc2c1OC)CCc1cc2c(cc1-3)OCO2. The van der Waals surface area contributed by atoms with Crippen molar-refractivity contribution in [3.8, 4) is 34.3 Å². The fraction of sp³-hybridized carbons (Fsp3) is 0.219. The molecule has 0 amide bonds. The van der Waals surface area contributed by atoms with Gasteiger partial charge in [-0.2, -0.15) is 4.57 Å². The van der Waals surface area contributed by atoms with Gasteiger partial charge >= 0.3 is 0 Å². The van der Waals surface area contributed by atoms with Gasteiger partial charge in [0, 0.05) is 23.4 Å². The first-order valence-corrected chi connectivity index (χ1v) is 13.2. The number of nitrogens with zero attached hydrogens (tertiary/aromatic N) is 2. The van der Waals surface area contributed by atoms with Crippen molar-refractivity contribution in [2.75, 3.05) is 21.0 Å². The minimum Gasteiger partial charge on any atom is -0.493 e. The molecule has 0 radical (unpaired) electrons. The zero-order valence-corrected chi connectivity index (χ0v) is 22.2. The third-order valence-corrected chi connectivity index (χ3v) is 8.08. The molecule has 0 saturated carbocycles. The molecule has 5 aromatic rings. The topological polar surface area (TPSA) is 83.9 Å². The molecule has 2 aliphatic rings. The largest absolute Gasteiger partial charge is 0.493 e. The molecule has 3 heterocycles. The molecule has 0 saturated heterocycles. The zero-order valence-electron chi connectivity index (χ0n) is 22.2. The number of non-ortho nitro benzene ring substituents is 1. The standard InChI is InChI=1S/C32H27N2O6/c1-37-28-12-10-22-24(9-7-19-8-11-27(34(35)36)23-6-4-3-5-21(19)23)31-25-16-30-29(39-18-40-30)15-20(25)13-14-33(31)17-26(22)32(28)38-2/h3-6,8,10-12,15-17H,7,9,13-14,18H2,1-2H3/q+1. The number of nitro benzene ring substituents is 1. The lowest BCUT2D eigenvalue weighted by molar-refractivity contribution is -0.686. The minimum absolute atomic E-state index is 0.124. The van der Waals surface area contributed by atoms with Crippen molar-refractivity contribution in [2.24, 2.45) is 0 Å². The molecule has 7 rings (SSSR count). The molecule has 8 nitrogen and oxygen atoms in total. The van der Waals surface area contributed by atoms with Crippen LogP contribution in [-0.2, 0) is 25.8 Å². The summed E-state index contributed by atoms with van der Waals surface area (Å²) in [5.74, 6) is 2.93. The molecule has 0 atom stereocenters. The predicted octanol–water partition coefficient (Wildman–Crippen LogP) is 5.94. The molecular weight excluding hydrogens is 508 g/mol. The molecular formula is C32H27N2O6+. The maximum Gasteiger partial charge on any atom is 0.277 e. The van der Waals surface area contributed by atoms with Crippen LogP contribution in [0.15, 0.2) is 66.9 Å². The normalized spacial score (nSPS) is 13.2. The van der Waals surface area contributed by atoms with Crippen LogP contribution in [-0.4, -0.2) is 25.9 Å². The summed E-state index contributed by atoms with van der Waals surface area (Å²) in [6.07, 6.45) is 4.45. The van der Waals surface area contributed by atoms with Crippen molar-refractivity contribution in [1.29, 1.82) is 0 Å². The van der Waals surface area contributed by atoms with Crippen molar-refractivity contribution in [1.82, 2.24) is 0 Å². The van der Waals surface area contributed by atoms with E-state index in [0.717, 1.165) is 63.9 Å². The van der Waals surface area contributed by atoms with E-state index in [4.69, 9.17) is 18.9 Å². The van der Waals surface area contributed by atoms with Crippen LogP contribution in [0.3, 0.4) is 0 Å². The Morgan fingerprint density at radius 1 is 0.900 bits per heavy atom. The van der Waals surface area contributed by atoms with Crippen molar-refractivity contribution >= 4 is 27.2 Å². The summed E-state index contributed by atoms with van der Waals surface area (Å²) in [6.45, 7) is 1.04. The van der Waals surface area contributed by atoms with Crippen LogP contribution in [0.4, 0.5) is 5.69 Å². The molecule has 0 fully saturated rings. The molecule has 8 heteroatoms. The number of fused-ring (bicyclic) bond motifs is 6. The van der Waals surface area contributed by atoms with E-state index in [0.29, 0.717) is 23.3 Å². The number of methoxy groups -OCH3 is 2. The summed E-state index contributed by atoms with van der Waals surface area (Å²) in [4.78, 5) is 11.4. The molecule has 0 unspecified atom stereocenters. The maximum absolute atomic E-state index is 11.7. The van der Waals surface area contributed by atoms with Crippen LogP contribution >= 0.6 is 0 Å². The first-order valence-electron chi connectivity index (χ1n) is 13.2. The van der Waals surface area contributed by atoms with Gasteiger partial charge in [0.25, 0.3) is 5.69 Å². The van der Waals surface area contributed by atoms with Crippen molar-refractivity contribution in [3.05, 3.63) is 93.7 Å². The molecule has 0 aliphatic carbocycles. The Balaban J connectivity index is 1.43. The second kappa shape index (κ2) is 9.41. The average Bonchev–Trinajstić information content (AvgIpc) is 3.44. The van der Waals surface area contributed by atoms with E-state index in [-0.39, 0.29) is 17.4 Å². The fourth-order valence-corrected chi connectivity index (χ4v) is 6.24. The Bertz CT molecular complexity index is 1850. The summed E-state index contributed by atoms with van der Waals surface area (Å²) in [5.41, 5.74) is 5.88. The van der Waals surface area contributed by atoms with Crippen molar-refractivity contribution < 1.29 is 28.4 Å². The lowest BCUT2D eigenvalue weighted by atomic mass is 9.88. The molecule has 0 bridgehead atoms. The van der Waals surface area contributed by atoms with Gasteiger partial charge in [-0.3, -0.25) is 10.1 Å². The number of pyridine rings is 1. The van der Waals surface area contributed by atoms with Gasteiger partial charge < -0.3 is 18.9 Å². The van der Waals surface area contributed by atoms with Gasteiger partial charge in [-0.1, -0.05) is 24.3 Å². The fourth-order valence-electron chi connectivity index (χ4n) is 6.24. The van der Waals surface area contributed by atoms with Crippen LogP contribution in [0.25, 0.3) is 32.8 Å². The number of nitro groups is 1. The lowest BCUT2D eigenvalue weighted by Gasteiger charge is -2.21. The molecule has 1 aromatic heterocycles. The number of aryl methyl sites for hydroxylation is 4. The van der Waals surface area contributed by atoms with Crippen LogP contribution in [0.2, 0.25) is 0 Å². The van der Waals surface area contributed by atoms with Gasteiger partial charge in [-0.05, 0) is 59.7 Å². The number of ether oxygens (including phenoxy) is 4. The molecule has 0 N–H and O–H groups in total. The molecule has 200 valence electrons. The predicted molar refractivity (Wildman–Crippen MR) is 151 cm³/mol. The van der Waals surface area contributed by atoms with E-state index in [1.54, 1.807) is 20.3 Å².